The van der Waals surface area contributed by atoms with E-state index in [1.165, 1.54) is 11.6 Å². The molecular formula is C13H12Cl2N4O2. The lowest BCUT2D eigenvalue weighted by molar-refractivity contribution is -0.122. The van der Waals surface area contributed by atoms with Crippen molar-refractivity contribution in [1.29, 1.82) is 0 Å². The van der Waals surface area contributed by atoms with Crippen molar-refractivity contribution in [2.75, 3.05) is 11.9 Å². The molecule has 0 aliphatic rings. The molecule has 1 aromatic heterocycles. The first-order chi connectivity index (χ1) is 9.95. The van der Waals surface area contributed by atoms with E-state index in [2.05, 4.69) is 15.7 Å². The maximum absolute atomic E-state index is 11.6. The van der Waals surface area contributed by atoms with Crippen LogP contribution in [0, 0.1) is 0 Å². The molecule has 2 amide bonds. The first-order valence-electron chi connectivity index (χ1n) is 6.01. The SMILES string of the molecule is CC(=O)NCC(=O)Nc1ccn(-c2ccc(Cl)cc2Cl)n1. The van der Waals surface area contributed by atoms with Crippen molar-refractivity contribution in [2.24, 2.45) is 0 Å². The largest absolute Gasteiger partial charge is 0.347 e. The number of halogens is 2. The summed E-state index contributed by atoms with van der Waals surface area (Å²) in [5.41, 5.74) is 0.642. The van der Waals surface area contributed by atoms with E-state index in [1.807, 2.05) is 0 Å². The monoisotopic (exact) mass is 326 g/mol. The summed E-state index contributed by atoms with van der Waals surface area (Å²) in [6.45, 7) is 1.23. The van der Waals surface area contributed by atoms with Crippen LogP contribution >= 0.6 is 23.2 Å². The molecule has 110 valence electrons. The number of benzene rings is 1. The molecule has 0 fully saturated rings. The molecule has 0 bridgehead atoms. The minimum Gasteiger partial charge on any atom is -0.347 e. The van der Waals surface area contributed by atoms with Crippen LogP contribution in [0.15, 0.2) is 30.5 Å². The van der Waals surface area contributed by atoms with E-state index in [1.54, 1.807) is 30.5 Å². The van der Waals surface area contributed by atoms with Crippen molar-refractivity contribution in [1.82, 2.24) is 15.1 Å². The Labute approximate surface area is 131 Å². The molecule has 0 unspecified atom stereocenters. The number of nitrogens with zero attached hydrogens (tertiary/aromatic N) is 2. The predicted molar refractivity (Wildman–Crippen MR) is 80.9 cm³/mol. The van der Waals surface area contributed by atoms with E-state index in [0.717, 1.165) is 0 Å². The van der Waals surface area contributed by atoms with Crippen molar-refractivity contribution in [3.05, 3.63) is 40.5 Å². The van der Waals surface area contributed by atoms with Crippen LogP contribution in [0.1, 0.15) is 6.92 Å². The molecule has 0 radical (unpaired) electrons. The Morgan fingerprint density at radius 1 is 1.29 bits per heavy atom. The van der Waals surface area contributed by atoms with Gasteiger partial charge in [-0.05, 0) is 18.2 Å². The van der Waals surface area contributed by atoms with Crippen LogP contribution in [-0.2, 0) is 9.59 Å². The van der Waals surface area contributed by atoms with Crippen LogP contribution in [0.4, 0.5) is 5.82 Å². The third-order valence-electron chi connectivity index (χ3n) is 2.51. The minimum atomic E-state index is -0.363. The predicted octanol–water partition coefficient (Wildman–Crippen LogP) is 2.25. The van der Waals surface area contributed by atoms with Gasteiger partial charge in [-0.15, -0.1) is 0 Å². The first-order valence-corrected chi connectivity index (χ1v) is 6.76. The summed E-state index contributed by atoms with van der Waals surface area (Å²) in [5, 5.41) is 10.1. The summed E-state index contributed by atoms with van der Waals surface area (Å²) in [5.74, 6) is -0.280. The van der Waals surface area contributed by atoms with Crippen LogP contribution < -0.4 is 10.6 Å². The summed E-state index contributed by atoms with van der Waals surface area (Å²) < 4.78 is 1.52. The number of hydrogen-bond acceptors (Lipinski definition) is 3. The molecule has 0 saturated heterocycles. The Morgan fingerprint density at radius 2 is 2.05 bits per heavy atom. The van der Waals surface area contributed by atoms with Crippen molar-refractivity contribution in [2.45, 2.75) is 6.92 Å². The Hall–Kier alpha value is -2.05. The molecular weight excluding hydrogens is 315 g/mol. The van der Waals surface area contributed by atoms with E-state index < -0.39 is 0 Å². The zero-order valence-corrected chi connectivity index (χ0v) is 12.6. The maximum Gasteiger partial charge on any atom is 0.244 e. The molecule has 0 spiro atoms. The van der Waals surface area contributed by atoms with Gasteiger partial charge in [0.05, 0.1) is 17.3 Å². The van der Waals surface area contributed by atoms with Crippen LogP contribution in [0.5, 0.6) is 0 Å². The summed E-state index contributed by atoms with van der Waals surface area (Å²) in [6, 6.07) is 6.64. The molecule has 2 aromatic rings. The van der Waals surface area contributed by atoms with Gasteiger partial charge in [0.1, 0.15) is 0 Å². The molecule has 2 rings (SSSR count). The van der Waals surface area contributed by atoms with Gasteiger partial charge in [0.2, 0.25) is 11.8 Å². The van der Waals surface area contributed by atoms with Gasteiger partial charge < -0.3 is 10.6 Å². The highest BCUT2D eigenvalue weighted by atomic mass is 35.5. The maximum atomic E-state index is 11.6. The van der Waals surface area contributed by atoms with E-state index in [-0.39, 0.29) is 18.4 Å². The number of carbonyl (C=O) groups excluding carboxylic acids is 2. The highest BCUT2D eigenvalue weighted by Crippen LogP contribution is 2.24. The Bertz CT molecular complexity index is 685. The number of nitrogens with one attached hydrogen (secondary N) is 2. The summed E-state index contributed by atoms with van der Waals surface area (Å²) in [6.07, 6.45) is 1.66. The number of hydrogen-bond donors (Lipinski definition) is 2. The Morgan fingerprint density at radius 3 is 2.71 bits per heavy atom. The highest BCUT2D eigenvalue weighted by molar-refractivity contribution is 6.35. The molecule has 0 saturated carbocycles. The fraction of sp³-hybridized carbons (Fsp3) is 0.154. The van der Waals surface area contributed by atoms with Gasteiger partial charge >= 0.3 is 0 Å². The van der Waals surface area contributed by atoms with E-state index in [4.69, 9.17) is 23.2 Å². The quantitative estimate of drug-likeness (QED) is 0.904. The van der Waals surface area contributed by atoms with E-state index in [0.29, 0.717) is 21.6 Å². The lowest BCUT2D eigenvalue weighted by Gasteiger charge is -2.05. The van der Waals surface area contributed by atoms with Crippen molar-refractivity contribution in [3.8, 4) is 5.69 Å². The molecule has 21 heavy (non-hydrogen) atoms. The number of amides is 2. The molecule has 2 N–H and O–H groups in total. The molecule has 1 heterocycles. The zero-order valence-electron chi connectivity index (χ0n) is 11.1. The van der Waals surface area contributed by atoms with Gasteiger partial charge in [-0.25, -0.2) is 4.68 Å². The second-order valence-corrected chi connectivity index (χ2v) is 5.04. The molecule has 6 nitrogen and oxygen atoms in total. The molecule has 0 aliphatic heterocycles. The normalized spacial score (nSPS) is 10.2. The van der Waals surface area contributed by atoms with Gasteiger partial charge in [0, 0.05) is 24.2 Å². The molecule has 8 heteroatoms. The van der Waals surface area contributed by atoms with Crippen molar-refractivity contribution < 1.29 is 9.59 Å². The van der Waals surface area contributed by atoms with Gasteiger partial charge in [-0.2, -0.15) is 5.10 Å². The van der Waals surface area contributed by atoms with E-state index >= 15 is 0 Å². The number of carbonyl (C=O) groups is 2. The average molecular weight is 327 g/mol. The third-order valence-corrected chi connectivity index (χ3v) is 3.05. The first kappa shape index (κ1) is 15.3. The van der Waals surface area contributed by atoms with Gasteiger partial charge in [-0.1, -0.05) is 23.2 Å². The minimum absolute atomic E-state index is 0.107. The van der Waals surface area contributed by atoms with Gasteiger partial charge in [-0.3, -0.25) is 9.59 Å². The van der Waals surface area contributed by atoms with Crippen LogP contribution in [-0.4, -0.2) is 28.1 Å². The topological polar surface area (TPSA) is 76.0 Å². The fourth-order valence-corrected chi connectivity index (χ4v) is 2.08. The number of rotatable bonds is 4. The number of anilines is 1. The summed E-state index contributed by atoms with van der Waals surface area (Å²) in [7, 11) is 0. The smallest absolute Gasteiger partial charge is 0.244 e. The molecule has 1 aromatic carbocycles. The van der Waals surface area contributed by atoms with Crippen LogP contribution in [0.2, 0.25) is 10.0 Å². The van der Waals surface area contributed by atoms with Crippen LogP contribution in [0.3, 0.4) is 0 Å². The Balaban J connectivity index is 2.07. The van der Waals surface area contributed by atoms with Crippen molar-refractivity contribution in [3.63, 3.8) is 0 Å². The molecule has 0 aliphatic carbocycles. The second-order valence-electron chi connectivity index (χ2n) is 4.20. The lowest BCUT2D eigenvalue weighted by Crippen LogP contribution is -2.31. The standard InChI is InChI=1S/C13H12Cl2N4O2/c1-8(20)16-7-13(21)17-12-4-5-19(18-12)11-3-2-9(14)6-10(11)15/h2-6H,7H2,1H3,(H,16,20)(H,17,18,21). The third kappa shape index (κ3) is 4.21. The summed E-state index contributed by atoms with van der Waals surface area (Å²) >= 11 is 11.9. The average Bonchev–Trinajstić information content (AvgIpc) is 2.84. The lowest BCUT2D eigenvalue weighted by atomic mass is 10.3. The number of aromatic nitrogens is 2. The molecule has 0 atom stereocenters. The van der Waals surface area contributed by atoms with Crippen LogP contribution in [0.25, 0.3) is 5.69 Å². The Kier molecular flexibility index (Phi) is 4.82. The summed E-state index contributed by atoms with van der Waals surface area (Å²) in [4.78, 5) is 22.3. The highest BCUT2D eigenvalue weighted by Gasteiger charge is 2.08. The second kappa shape index (κ2) is 6.60. The van der Waals surface area contributed by atoms with E-state index in [9.17, 15) is 9.59 Å². The van der Waals surface area contributed by atoms with Gasteiger partial charge in [0.25, 0.3) is 0 Å². The fourth-order valence-electron chi connectivity index (χ4n) is 1.58. The zero-order chi connectivity index (χ0) is 15.4. The van der Waals surface area contributed by atoms with Crippen molar-refractivity contribution >= 4 is 40.8 Å². The van der Waals surface area contributed by atoms with Gasteiger partial charge in [0.15, 0.2) is 5.82 Å².